The van der Waals surface area contributed by atoms with Gasteiger partial charge in [-0.1, -0.05) is 45.7 Å². The highest BCUT2D eigenvalue weighted by molar-refractivity contribution is 5.72. The minimum absolute atomic E-state index is 0.0469. The number of allylic oxidation sites excluding steroid dienone is 3. The molecule has 0 radical (unpaired) electrons. The minimum atomic E-state index is -3.85. The molecule has 0 saturated carbocycles. The van der Waals surface area contributed by atoms with Crippen LogP contribution in [0.4, 0.5) is 0 Å². The standard InChI is InChI=1S/C24H36O5/c1-5-15(3)24(27)29-21-11-14(2)10-17-7-6-16(4)20(23(17)21)9-8-19-12-18(25)13-22(26)28-19/h6-7,10,14-16,18-21,23,25H,5,8-9,11-13H2,1-4H3/t14-,15-,16-,18+,19?,20-,21-,23-/m0/s1/i1D3,2D3,3D3,5D2,15D,25D. The van der Waals surface area contributed by atoms with Gasteiger partial charge in [-0.2, -0.15) is 0 Å². The van der Waals surface area contributed by atoms with Crippen molar-refractivity contribution in [2.24, 2.45) is 29.6 Å². The molecule has 3 rings (SSSR count). The minimum Gasteiger partial charge on any atom is -0.462 e. The maximum Gasteiger partial charge on any atom is 0.308 e. The number of carbonyl (C=O) groups excluding carboxylic acids is 2. The van der Waals surface area contributed by atoms with Crippen molar-refractivity contribution in [2.45, 2.75) is 84.3 Å². The molecule has 2 aliphatic carbocycles. The fourth-order valence-electron chi connectivity index (χ4n) is 4.66. The maximum absolute atomic E-state index is 13.5. The third-order valence-corrected chi connectivity index (χ3v) is 6.02. The Labute approximate surface area is 192 Å². The van der Waals surface area contributed by atoms with E-state index in [1.807, 2.05) is 13.0 Å². The monoisotopic (exact) mass is 417 g/mol. The topological polar surface area (TPSA) is 72.8 Å². The average molecular weight is 418 g/mol. The van der Waals surface area contributed by atoms with Crippen LogP contribution in [-0.4, -0.2) is 36.8 Å². The predicted octanol–water partition coefficient (Wildman–Crippen LogP) is 4.20. The first kappa shape index (κ1) is 10.6. The second-order valence-electron chi connectivity index (χ2n) is 8.11. The van der Waals surface area contributed by atoms with Gasteiger partial charge in [0.2, 0.25) is 1.43 Å². The van der Waals surface area contributed by atoms with Gasteiger partial charge >= 0.3 is 11.9 Å². The fraction of sp³-hybridized carbons (Fsp3) is 0.750. The summed E-state index contributed by atoms with van der Waals surface area (Å²) in [6.45, 7) is -8.09. The highest BCUT2D eigenvalue weighted by atomic mass is 16.5. The lowest BCUT2D eigenvalue weighted by molar-refractivity contribution is -0.162. The Morgan fingerprint density at radius 2 is 2.41 bits per heavy atom. The van der Waals surface area contributed by atoms with Gasteiger partial charge in [0.05, 0.1) is 18.4 Å². The molecular weight excluding hydrogens is 368 g/mol. The van der Waals surface area contributed by atoms with Gasteiger partial charge in [-0.25, -0.2) is 0 Å². The lowest BCUT2D eigenvalue weighted by Gasteiger charge is -2.43. The molecule has 162 valence electrons. The largest absolute Gasteiger partial charge is 0.462 e. The van der Waals surface area contributed by atoms with Crippen LogP contribution < -0.4 is 0 Å². The SMILES string of the molecule is [2H]O[C@H]1CC(=O)OC(CC[C@@H]2[C@@H]3C(=C[C@H](C([2H])([2H])[2H])C[C@@H]3OC(=O)[C@@]([2H])(C([2H])([2H])[2H])C([2H])([2H])C([2H])([2H])[2H])C=C[C@@H]2C)C1. The van der Waals surface area contributed by atoms with Crippen LogP contribution in [0, 0.1) is 29.6 Å². The van der Waals surface area contributed by atoms with Gasteiger partial charge in [-0.3, -0.25) is 9.59 Å². The van der Waals surface area contributed by atoms with Gasteiger partial charge in [0, 0.05) is 28.8 Å². The molecule has 0 aromatic carbocycles. The second-order valence-corrected chi connectivity index (χ2v) is 8.11. The number of hydrogen-bond acceptors (Lipinski definition) is 5. The second kappa shape index (κ2) is 9.46. The summed E-state index contributed by atoms with van der Waals surface area (Å²) in [7, 11) is 0. The van der Waals surface area contributed by atoms with E-state index in [-0.39, 0.29) is 24.7 Å². The number of carbonyl (C=O) groups is 2. The molecule has 29 heavy (non-hydrogen) atoms. The zero-order valence-corrected chi connectivity index (χ0v) is 16.4. The molecule has 0 bridgehead atoms. The molecule has 0 aromatic rings. The van der Waals surface area contributed by atoms with Gasteiger partial charge in [-0.05, 0) is 49.0 Å². The van der Waals surface area contributed by atoms with Crippen LogP contribution in [0.5, 0.6) is 0 Å². The summed E-state index contributed by atoms with van der Waals surface area (Å²) in [6.07, 6.45) is -0.613. The van der Waals surface area contributed by atoms with E-state index in [0.717, 1.165) is 0 Å². The third kappa shape index (κ3) is 5.30. The molecule has 1 saturated heterocycles. The Balaban J connectivity index is 1.99. The molecule has 5 heteroatoms. The fourth-order valence-corrected chi connectivity index (χ4v) is 4.66. The molecule has 0 amide bonds. The number of aliphatic hydroxyl groups excluding tert-OH is 1. The first-order valence-corrected chi connectivity index (χ1v) is 9.97. The van der Waals surface area contributed by atoms with Crippen LogP contribution in [0.1, 0.15) is 82.4 Å². The summed E-state index contributed by atoms with van der Waals surface area (Å²) in [6, 6.07) is 0. The predicted molar refractivity (Wildman–Crippen MR) is 111 cm³/mol. The van der Waals surface area contributed by atoms with Gasteiger partial charge in [0.1, 0.15) is 12.2 Å². The Kier molecular flexibility index (Phi) is 3.46. The number of hydrogen-bond donors (Lipinski definition) is 1. The van der Waals surface area contributed by atoms with Gasteiger partial charge in [-0.15, -0.1) is 0 Å². The van der Waals surface area contributed by atoms with Crippen molar-refractivity contribution in [3.8, 4) is 0 Å². The summed E-state index contributed by atoms with van der Waals surface area (Å²) in [5.74, 6) is -8.62. The van der Waals surface area contributed by atoms with E-state index < -0.39 is 74.9 Å². The lowest BCUT2D eigenvalue weighted by atomic mass is 9.65. The van der Waals surface area contributed by atoms with E-state index in [1.54, 1.807) is 12.2 Å². The van der Waals surface area contributed by atoms with Crippen molar-refractivity contribution < 1.29 is 40.6 Å². The Bertz CT molecular complexity index is 1080. The molecular formula is C24H36O5. The maximum atomic E-state index is 13.5. The van der Waals surface area contributed by atoms with Crippen molar-refractivity contribution in [1.29, 1.82) is 1.43 Å². The molecule has 1 unspecified atom stereocenters. The summed E-state index contributed by atoms with van der Waals surface area (Å²) >= 11 is 0. The summed E-state index contributed by atoms with van der Waals surface area (Å²) < 4.78 is 112. The van der Waals surface area contributed by atoms with Gasteiger partial charge in [0.15, 0.2) is 0 Å². The van der Waals surface area contributed by atoms with Crippen molar-refractivity contribution in [1.82, 2.24) is 0 Å². The highest BCUT2D eigenvalue weighted by Gasteiger charge is 2.42. The number of fused-ring (bicyclic) bond motifs is 1. The molecule has 1 fully saturated rings. The van der Waals surface area contributed by atoms with Crippen molar-refractivity contribution in [2.75, 3.05) is 0 Å². The van der Waals surface area contributed by atoms with E-state index in [0.29, 0.717) is 24.8 Å². The number of esters is 2. The highest BCUT2D eigenvalue weighted by Crippen LogP contribution is 2.45. The third-order valence-electron chi connectivity index (χ3n) is 6.02. The number of cyclic esters (lactones) is 1. The number of ether oxygens (including phenoxy) is 2. The average Bonchev–Trinajstić information content (AvgIpc) is 2.85. The lowest BCUT2D eigenvalue weighted by Crippen LogP contribution is -2.42. The first-order chi connectivity index (χ1) is 19.0. The number of aliphatic hydroxyl groups is 1. The molecule has 1 aliphatic heterocycles. The van der Waals surface area contributed by atoms with E-state index >= 15 is 0 Å². The normalized spacial score (nSPS) is 47.3. The summed E-state index contributed by atoms with van der Waals surface area (Å²) in [5, 5.41) is 4.59. The van der Waals surface area contributed by atoms with Crippen LogP contribution in [0.15, 0.2) is 23.8 Å². The Morgan fingerprint density at radius 1 is 1.52 bits per heavy atom. The first-order valence-electron chi connectivity index (χ1n) is 16.4. The van der Waals surface area contributed by atoms with Crippen LogP contribution in [0.25, 0.3) is 0 Å². The van der Waals surface area contributed by atoms with Crippen molar-refractivity contribution >= 4 is 11.9 Å². The molecule has 1 heterocycles. The summed E-state index contributed by atoms with van der Waals surface area (Å²) in [4.78, 5) is 25.4. The van der Waals surface area contributed by atoms with Crippen LogP contribution >= 0.6 is 0 Å². The Hall–Kier alpha value is -1.62. The smallest absolute Gasteiger partial charge is 0.308 e. The van der Waals surface area contributed by atoms with Gasteiger partial charge < -0.3 is 14.6 Å². The van der Waals surface area contributed by atoms with Crippen molar-refractivity contribution in [3.63, 3.8) is 0 Å². The molecule has 5 nitrogen and oxygen atoms in total. The van der Waals surface area contributed by atoms with Gasteiger partial charge in [0.25, 0.3) is 0 Å². The van der Waals surface area contributed by atoms with Crippen LogP contribution in [-0.2, 0) is 19.1 Å². The van der Waals surface area contributed by atoms with E-state index in [9.17, 15) is 9.59 Å². The van der Waals surface area contributed by atoms with E-state index in [4.69, 9.17) is 27.4 Å². The molecule has 0 aromatic heterocycles. The zero-order chi connectivity index (χ0) is 32.1. The quantitative estimate of drug-likeness (QED) is 0.629. The summed E-state index contributed by atoms with van der Waals surface area (Å²) in [5.41, 5.74) is 0.500. The van der Waals surface area contributed by atoms with Crippen LogP contribution in [0.3, 0.4) is 0 Å². The molecule has 3 aliphatic rings. The van der Waals surface area contributed by atoms with E-state index in [1.165, 1.54) is 0 Å². The molecule has 8 atom stereocenters. The van der Waals surface area contributed by atoms with E-state index in [2.05, 4.69) is 5.11 Å². The molecule has 0 spiro atoms. The van der Waals surface area contributed by atoms with Crippen molar-refractivity contribution in [3.05, 3.63) is 23.8 Å². The Morgan fingerprint density at radius 3 is 3.17 bits per heavy atom. The number of rotatable bonds is 7. The zero-order valence-electron chi connectivity index (χ0n) is 29.4. The van der Waals surface area contributed by atoms with Crippen LogP contribution in [0.2, 0.25) is 0 Å². The molecule has 1 N–H and O–H groups in total.